The average molecular weight is 278 g/mol. The lowest BCUT2D eigenvalue weighted by molar-refractivity contribution is 0.101. The molecule has 1 amide bonds. The fraction of sp³-hybridized carbons (Fsp3) is 0.500. The van der Waals surface area contributed by atoms with E-state index < -0.39 is 0 Å². The van der Waals surface area contributed by atoms with Gasteiger partial charge in [-0.25, -0.2) is 5.10 Å². The van der Waals surface area contributed by atoms with E-state index in [9.17, 15) is 4.79 Å². The largest absolute Gasteiger partial charge is 0.466 e. The topological polar surface area (TPSA) is 97.7 Å². The van der Waals surface area contributed by atoms with E-state index in [2.05, 4.69) is 25.6 Å². The number of carbonyl (C=O) groups excluding carboxylic acids is 1. The Balaban J connectivity index is 2.19. The zero-order valence-corrected chi connectivity index (χ0v) is 12.0. The second kappa shape index (κ2) is 5.72. The molecule has 8 heteroatoms. The van der Waals surface area contributed by atoms with E-state index in [0.717, 1.165) is 5.69 Å². The number of hydrogen-bond acceptors (Lipinski definition) is 5. The molecule has 108 valence electrons. The van der Waals surface area contributed by atoms with Crippen LogP contribution >= 0.6 is 0 Å². The quantitative estimate of drug-likeness (QED) is 0.861. The number of ether oxygens (including phenoxy) is 1. The highest BCUT2D eigenvalue weighted by molar-refractivity contribution is 6.02. The molecule has 0 aliphatic heterocycles. The Kier molecular flexibility index (Phi) is 4.02. The molecule has 0 aliphatic rings. The SMILES string of the molecule is CCn1nc(C(C)C)cc1C(=O)Nc1nc(OC)n[nH]1. The van der Waals surface area contributed by atoms with Crippen molar-refractivity contribution in [2.24, 2.45) is 0 Å². The lowest BCUT2D eigenvalue weighted by Crippen LogP contribution is -2.18. The molecular formula is C12H18N6O2. The highest BCUT2D eigenvalue weighted by atomic mass is 16.5. The molecule has 0 saturated heterocycles. The predicted molar refractivity (Wildman–Crippen MR) is 72.9 cm³/mol. The van der Waals surface area contributed by atoms with Gasteiger partial charge in [0.2, 0.25) is 5.95 Å². The number of nitrogens with one attached hydrogen (secondary N) is 2. The van der Waals surface area contributed by atoms with Gasteiger partial charge in [-0.3, -0.25) is 14.8 Å². The molecule has 0 aromatic carbocycles. The van der Waals surface area contributed by atoms with Crippen molar-refractivity contribution in [3.8, 4) is 6.01 Å². The maximum absolute atomic E-state index is 12.2. The van der Waals surface area contributed by atoms with Crippen molar-refractivity contribution in [3.63, 3.8) is 0 Å². The predicted octanol–water partition coefficient (Wildman–Crippen LogP) is 1.41. The number of amides is 1. The first-order chi connectivity index (χ1) is 9.55. The van der Waals surface area contributed by atoms with Crippen LogP contribution in [0, 0.1) is 0 Å². The maximum Gasteiger partial charge on any atom is 0.336 e. The van der Waals surface area contributed by atoms with Crippen LogP contribution in [0.4, 0.5) is 5.95 Å². The summed E-state index contributed by atoms with van der Waals surface area (Å²) in [4.78, 5) is 16.2. The molecule has 0 saturated carbocycles. The van der Waals surface area contributed by atoms with Crippen LogP contribution in [0.5, 0.6) is 6.01 Å². The monoisotopic (exact) mass is 278 g/mol. The summed E-state index contributed by atoms with van der Waals surface area (Å²) < 4.78 is 6.51. The first-order valence-corrected chi connectivity index (χ1v) is 6.40. The van der Waals surface area contributed by atoms with Gasteiger partial charge in [-0.05, 0) is 18.9 Å². The van der Waals surface area contributed by atoms with Crippen LogP contribution in [-0.2, 0) is 6.54 Å². The minimum atomic E-state index is -0.287. The lowest BCUT2D eigenvalue weighted by Gasteiger charge is -2.03. The average Bonchev–Trinajstić information content (AvgIpc) is 3.04. The van der Waals surface area contributed by atoms with E-state index in [1.165, 1.54) is 7.11 Å². The fourth-order valence-electron chi connectivity index (χ4n) is 1.71. The molecule has 0 fully saturated rings. The minimum absolute atomic E-state index is 0.173. The summed E-state index contributed by atoms with van der Waals surface area (Å²) in [5.74, 6) is 0.214. The van der Waals surface area contributed by atoms with Crippen LogP contribution in [-0.4, -0.2) is 38.0 Å². The molecule has 2 N–H and O–H groups in total. The smallest absolute Gasteiger partial charge is 0.336 e. The molecule has 0 unspecified atom stereocenters. The Morgan fingerprint density at radius 2 is 2.30 bits per heavy atom. The highest BCUT2D eigenvalue weighted by Gasteiger charge is 2.17. The molecule has 0 radical (unpaired) electrons. The minimum Gasteiger partial charge on any atom is -0.466 e. The molecule has 0 bridgehead atoms. The molecule has 0 spiro atoms. The summed E-state index contributed by atoms with van der Waals surface area (Å²) in [6.45, 7) is 6.62. The number of hydrogen-bond donors (Lipinski definition) is 2. The zero-order valence-electron chi connectivity index (χ0n) is 12.0. The Morgan fingerprint density at radius 3 is 2.85 bits per heavy atom. The molecule has 2 heterocycles. The number of rotatable bonds is 5. The molecule has 0 aliphatic carbocycles. The van der Waals surface area contributed by atoms with E-state index in [4.69, 9.17) is 4.74 Å². The van der Waals surface area contributed by atoms with Gasteiger partial charge >= 0.3 is 6.01 Å². The normalized spacial score (nSPS) is 10.8. The van der Waals surface area contributed by atoms with Gasteiger partial charge in [-0.1, -0.05) is 13.8 Å². The number of H-pyrrole nitrogens is 1. The van der Waals surface area contributed by atoms with Crippen molar-refractivity contribution in [1.82, 2.24) is 25.0 Å². The number of aryl methyl sites for hydroxylation is 1. The number of anilines is 1. The van der Waals surface area contributed by atoms with Gasteiger partial charge in [0.15, 0.2) is 0 Å². The van der Waals surface area contributed by atoms with Gasteiger partial charge < -0.3 is 4.74 Å². The van der Waals surface area contributed by atoms with Crippen LogP contribution in [0.15, 0.2) is 6.07 Å². The number of carbonyl (C=O) groups is 1. The molecular weight excluding hydrogens is 260 g/mol. The summed E-state index contributed by atoms with van der Waals surface area (Å²) in [7, 11) is 1.45. The van der Waals surface area contributed by atoms with Crippen LogP contribution in [0.25, 0.3) is 0 Å². The van der Waals surface area contributed by atoms with Gasteiger partial charge in [-0.15, -0.1) is 5.10 Å². The molecule has 2 aromatic rings. The van der Waals surface area contributed by atoms with E-state index >= 15 is 0 Å². The first kappa shape index (κ1) is 14.0. The summed E-state index contributed by atoms with van der Waals surface area (Å²) in [6.07, 6.45) is 0. The third-order valence-corrected chi connectivity index (χ3v) is 2.80. The summed E-state index contributed by atoms with van der Waals surface area (Å²) in [5.41, 5.74) is 1.37. The fourth-order valence-corrected chi connectivity index (χ4v) is 1.71. The maximum atomic E-state index is 12.2. The Hall–Kier alpha value is -2.38. The molecule has 2 aromatic heterocycles. The number of aromatic amines is 1. The number of methoxy groups -OCH3 is 1. The van der Waals surface area contributed by atoms with Crippen LogP contribution in [0.3, 0.4) is 0 Å². The van der Waals surface area contributed by atoms with Gasteiger partial charge in [0, 0.05) is 6.54 Å². The van der Waals surface area contributed by atoms with Crippen LogP contribution in [0.1, 0.15) is 42.9 Å². The number of nitrogens with zero attached hydrogens (tertiary/aromatic N) is 4. The van der Waals surface area contributed by atoms with Crippen molar-refractivity contribution in [1.29, 1.82) is 0 Å². The van der Waals surface area contributed by atoms with Gasteiger partial charge in [0.1, 0.15) is 5.69 Å². The van der Waals surface area contributed by atoms with Crippen molar-refractivity contribution >= 4 is 11.9 Å². The standard InChI is InChI=1S/C12H18N6O2/c1-5-18-9(6-8(17-18)7(2)3)10(19)13-11-14-12(20-4)16-15-11/h6-7H,5H2,1-4H3,(H2,13,14,15,16,19). The molecule has 2 rings (SSSR count). The third kappa shape index (κ3) is 2.79. The van der Waals surface area contributed by atoms with Crippen LogP contribution < -0.4 is 10.1 Å². The van der Waals surface area contributed by atoms with E-state index in [1.807, 2.05) is 20.8 Å². The van der Waals surface area contributed by atoms with Gasteiger partial charge in [0.25, 0.3) is 5.91 Å². The van der Waals surface area contributed by atoms with Gasteiger partial charge in [-0.2, -0.15) is 10.1 Å². The van der Waals surface area contributed by atoms with E-state index in [0.29, 0.717) is 12.2 Å². The summed E-state index contributed by atoms with van der Waals surface area (Å²) in [6, 6.07) is 1.96. The second-order valence-corrected chi connectivity index (χ2v) is 4.55. The van der Waals surface area contributed by atoms with Crippen LogP contribution in [0.2, 0.25) is 0 Å². The second-order valence-electron chi connectivity index (χ2n) is 4.55. The third-order valence-electron chi connectivity index (χ3n) is 2.80. The molecule has 0 atom stereocenters. The van der Waals surface area contributed by atoms with Crippen molar-refractivity contribution in [3.05, 3.63) is 17.5 Å². The Bertz CT molecular complexity index is 601. The zero-order chi connectivity index (χ0) is 14.7. The molecule has 20 heavy (non-hydrogen) atoms. The van der Waals surface area contributed by atoms with E-state index in [-0.39, 0.29) is 23.8 Å². The van der Waals surface area contributed by atoms with Gasteiger partial charge in [0.05, 0.1) is 12.8 Å². The van der Waals surface area contributed by atoms with Crippen molar-refractivity contribution in [2.75, 3.05) is 12.4 Å². The molecule has 8 nitrogen and oxygen atoms in total. The highest BCUT2D eigenvalue weighted by Crippen LogP contribution is 2.15. The lowest BCUT2D eigenvalue weighted by atomic mass is 10.1. The van der Waals surface area contributed by atoms with Crippen molar-refractivity contribution < 1.29 is 9.53 Å². The van der Waals surface area contributed by atoms with Crippen molar-refractivity contribution in [2.45, 2.75) is 33.2 Å². The Morgan fingerprint density at radius 1 is 1.55 bits per heavy atom. The summed E-state index contributed by atoms with van der Waals surface area (Å²) >= 11 is 0. The summed E-state index contributed by atoms with van der Waals surface area (Å²) in [5, 5.41) is 13.4. The first-order valence-electron chi connectivity index (χ1n) is 6.40. The van der Waals surface area contributed by atoms with E-state index in [1.54, 1.807) is 10.7 Å². The number of aromatic nitrogens is 5. The Labute approximate surface area is 116 Å².